The summed E-state index contributed by atoms with van der Waals surface area (Å²) in [6, 6.07) is 11.1. The van der Waals surface area contributed by atoms with Crippen molar-refractivity contribution in [1.29, 1.82) is 0 Å². The number of carboxylic acid groups (broad SMARTS) is 1. The van der Waals surface area contributed by atoms with Gasteiger partial charge in [0.1, 0.15) is 17.7 Å². The summed E-state index contributed by atoms with van der Waals surface area (Å²) in [6.45, 7) is 1.37. The maximum atomic E-state index is 15.4. The van der Waals surface area contributed by atoms with Gasteiger partial charge in [0.25, 0.3) is 0 Å². The lowest BCUT2D eigenvalue weighted by atomic mass is 9.81. The lowest BCUT2D eigenvalue weighted by Gasteiger charge is -2.35. The summed E-state index contributed by atoms with van der Waals surface area (Å²) in [4.78, 5) is 18.3. The second-order valence-corrected chi connectivity index (χ2v) is 9.45. The molecular weight excluding hydrogens is 486 g/mol. The summed E-state index contributed by atoms with van der Waals surface area (Å²) in [5.41, 5.74) is 1.70. The number of hydrogen-bond donors (Lipinski definition) is 1. The van der Waals surface area contributed by atoms with Gasteiger partial charge in [-0.2, -0.15) is 0 Å². The Morgan fingerprint density at radius 1 is 1.31 bits per heavy atom. The van der Waals surface area contributed by atoms with Gasteiger partial charge in [0, 0.05) is 28.7 Å². The van der Waals surface area contributed by atoms with Crippen LogP contribution in [0.2, 0.25) is 5.02 Å². The van der Waals surface area contributed by atoms with Gasteiger partial charge in [-0.05, 0) is 79.8 Å². The number of hydrogen-bond acceptors (Lipinski definition) is 4. The summed E-state index contributed by atoms with van der Waals surface area (Å²) >= 11 is 5.86. The summed E-state index contributed by atoms with van der Waals surface area (Å²) in [5, 5.41) is 10.8. The summed E-state index contributed by atoms with van der Waals surface area (Å²) < 4.78 is 34.1. The fraction of sp³-hybridized carbons (Fsp3) is 0.357. The van der Waals surface area contributed by atoms with Crippen LogP contribution in [-0.2, 0) is 4.79 Å². The highest BCUT2D eigenvalue weighted by atomic mass is 35.5. The molecule has 2 aromatic carbocycles. The quantitative estimate of drug-likeness (QED) is 0.399. The molecule has 0 saturated carbocycles. The van der Waals surface area contributed by atoms with E-state index >= 15 is 4.39 Å². The third-order valence-electron chi connectivity index (χ3n) is 6.67. The number of halogens is 3. The molecule has 0 radical (unpaired) electrons. The Balaban J connectivity index is 1.38. The van der Waals surface area contributed by atoms with Crippen LogP contribution < -0.4 is 4.74 Å². The molecule has 0 amide bonds. The minimum Gasteiger partial charge on any atom is -0.497 e. The molecule has 1 fully saturated rings. The molecule has 8 heteroatoms. The third-order valence-corrected chi connectivity index (χ3v) is 6.88. The number of likely N-dealkylation sites (tertiary alicyclic amines) is 1. The van der Waals surface area contributed by atoms with Crippen molar-refractivity contribution < 1.29 is 23.4 Å². The smallest absolute Gasteiger partial charge is 0.308 e. The molecule has 1 aliphatic heterocycles. The maximum absolute atomic E-state index is 15.4. The molecule has 0 bridgehead atoms. The Hall–Kier alpha value is -3.21. The summed E-state index contributed by atoms with van der Waals surface area (Å²) in [5.74, 6) is 4.42. The molecule has 5 nitrogen and oxygen atoms in total. The molecule has 1 aromatic heterocycles. The predicted octanol–water partition coefficient (Wildman–Crippen LogP) is 5.90. The highest BCUT2D eigenvalue weighted by Gasteiger charge is 2.34. The molecule has 2 heterocycles. The van der Waals surface area contributed by atoms with Crippen molar-refractivity contribution in [1.82, 2.24) is 9.88 Å². The number of methoxy groups -OCH3 is 1. The first-order valence-electron chi connectivity index (χ1n) is 11.8. The highest BCUT2D eigenvalue weighted by Crippen LogP contribution is 2.35. The van der Waals surface area contributed by atoms with E-state index in [-0.39, 0.29) is 17.4 Å². The van der Waals surface area contributed by atoms with Crippen LogP contribution in [0.1, 0.15) is 36.6 Å². The number of pyridine rings is 1. The number of carboxylic acids is 1. The molecule has 188 valence electrons. The molecule has 0 spiro atoms. The zero-order valence-electron chi connectivity index (χ0n) is 19.9. The number of carbonyl (C=O) groups is 1. The van der Waals surface area contributed by atoms with E-state index in [1.54, 1.807) is 43.6 Å². The minimum absolute atomic E-state index is 0.130. The number of aliphatic carboxylic acids is 1. The van der Waals surface area contributed by atoms with Crippen LogP contribution in [0.15, 0.2) is 48.7 Å². The van der Waals surface area contributed by atoms with Crippen LogP contribution >= 0.6 is 11.6 Å². The van der Waals surface area contributed by atoms with Crippen LogP contribution in [0, 0.1) is 29.5 Å². The molecule has 36 heavy (non-hydrogen) atoms. The number of alkyl halides is 1. The topological polar surface area (TPSA) is 62.7 Å². The lowest BCUT2D eigenvalue weighted by Crippen LogP contribution is -2.44. The van der Waals surface area contributed by atoms with Gasteiger partial charge in [-0.3, -0.25) is 14.7 Å². The minimum atomic E-state index is -1.24. The number of benzene rings is 2. The first-order chi connectivity index (χ1) is 17.3. The van der Waals surface area contributed by atoms with Gasteiger partial charge in [0.05, 0.1) is 25.1 Å². The average molecular weight is 513 g/mol. The summed E-state index contributed by atoms with van der Waals surface area (Å²) in [6.07, 6.45) is 1.69. The first kappa shape index (κ1) is 25.9. The molecule has 4 rings (SSSR count). The van der Waals surface area contributed by atoms with E-state index in [1.165, 1.54) is 12.1 Å². The number of nitrogens with zero attached hydrogens (tertiary/aromatic N) is 2. The SMILES string of the molecule is COc1ccc2nccc([C@H](F)CC[C@@H]3CCN(CC#Cc4cc(F)cc(Cl)c4)C[C@@H]3C(=O)O)c2c1. The molecule has 1 N–H and O–H groups in total. The lowest BCUT2D eigenvalue weighted by molar-refractivity contribution is -0.146. The largest absolute Gasteiger partial charge is 0.497 e. The Morgan fingerprint density at radius 3 is 2.89 bits per heavy atom. The van der Waals surface area contributed by atoms with Crippen LogP contribution in [-0.4, -0.2) is 47.7 Å². The molecule has 3 aromatic rings. The highest BCUT2D eigenvalue weighted by molar-refractivity contribution is 6.30. The van der Waals surface area contributed by atoms with E-state index in [1.807, 2.05) is 4.90 Å². The number of piperidine rings is 1. The second kappa shape index (κ2) is 11.7. The molecule has 3 atom stereocenters. The van der Waals surface area contributed by atoms with E-state index < -0.39 is 23.9 Å². The normalized spacial score (nSPS) is 18.9. The number of fused-ring (bicyclic) bond motifs is 1. The van der Waals surface area contributed by atoms with Crippen molar-refractivity contribution in [2.75, 3.05) is 26.7 Å². The first-order valence-corrected chi connectivity index (χ1v) is 12.2. The third kappa shape index (κ3) is 6.31. The molecule has 1 saturated heterocycles. The monoisotopic (exact) mass is 512 g/mol. The molecular formula is C28H27ClF2N2O3. The van der Waals surface area contributed by atoms with Gasteiger partial charge >= 0.3 is 5.97 Å². The summed E-state index contributed by atoms with van der Waals surface area (Å²) in [7, 11) is 1.56. The van der Waals surface area contributed by atoms with Crippen LogP contribution in [0.25, 0.3) is 10.9 Å². The Labute approximate surface area is 214 Å². The van der Waals surface area contributed by atoms with Gasteiger partial charge in [-0.1, -0.05) is 23.4 Å². The van der Waals surface area contributed by atoms with Crippen molar-refractivity contribution in [2.24, 2.45) is 11.8 Å². The second-order valence-electron chi connectivity index (χ2n) is 9.02. The fourth-order valence-corrected chi connectivity index (χ4v) is 5.00. The maximum Gasteiger partial charge on any atom is 0.308 e. The predicted molar refractivity (Wildman–Crippen MR) is 135 cm³/mol. The Morgan fingerprint density at radius 2 is 2.14 bits per heavy atom. The van der Waals surface area contributed by atoms with E-state index in [9.17, 15) is 14.3 Å². The van der Waals surface area contributed by atoms with Gasteiger partial charge < -0.3 is 9.84 Å². The van der Waals surface area contributed by atoms with E-state index in [4.69, 9.17) is 16.3 Å². The van der Waals surface area contributed by atoms with Gasteiger partial charge in [-0.25, -0.2) is 8.78 Å². The molecule has 0 aliphatic carbocycles. The Bertz CT molecular complexity index is 1290. The number of rotatable bonds is 7. The van der Waals surface area contributed by atoms with Gasteiger partial charge in [0.2, 0.25) is 0 Å². The van der Waals surface area contributed by atoms with E-state index in [0.717, 1.165) is 0 Å². The van der Waals surface area contributed by atoms with Crippen molar-refractivity contribution in [3.05, 3.63) is 70.6 Å². The van der Waals surface area contributed by atoms with Gasteiger partial charge in [0.15, 0.2) is 0 Å². The molecule has 1 aliphatic rings. The molecule has 0 unspecified atom stereocenters. The van der Waals surface area contributed by atoms with Crippen molar-refractivity contribution >= 4 is 28.5 Å². The standard InChI is InChI=1S/C28H27ClF2N2O3/c1-36-22-5-7-27-24(16-22)23(8-10-32-27)26(31)6-4-19-9-12-33(17-25(19)28(34)35)11-2-3-18-13-20(29)15-21(30)14-18/h5,7-8,10,13-16,19,25-26H,4,6,9,11-12,17H2,1H3,(H,34,35)/t19-,25+,26-/m1/s1. The van der Waals surface area contributed by atoms with Crippen molar-refractivity contribution in [2.45, 2.75) is 25.4 Å². The number of aromatic nitrogens is 1. The zero-order valence-corrected chi connectivity index (χ0v) is 20.6. The Kier molecular flexibility index (Phi) is 8.40. The van der Waals surface area contributed by atoms with Crippen LogP contribution in [0.4, 0.5) is 8.78 Å². The van der Waals surface area contributed by atoms with Crippen molar-refractivity contribution in [3.63, 3.8) is 0 Å². The van der Waals surface area contributed by atoms with Crippen molar-refractivity contribution in [3.8, 4) is 17.6 Å². The van der Waals surface area contributed by atoms with Crippen LogP contribution in [0.3, 0.4) is 0 Å². The fourth-order valence-electron chi connectivity index (χ4n) is 4.78. The van der Waals surface area contributed by atoms with Crippen LogP contribution in [0.5, 0.6) is 5.75 Å². The van der Waals surface area contributed by atoms with Gasteiger partial charge in [-0.15, -0.1) is 0 Å². The number of ether oxygens (including phenoxy) is 1. The average Bonchev–Trinajstić information content (AvgIpc) is 2.86. The van der Waals surface area contributed by atoms with E-state index in [0.29, 0.717) is 60.3 Å². The van der Waals surface area contributed by atoms with E-state index in [2.05, 4.69) is 16.8 Å². The zero-order chi connectivity index (χ0) is 25.7.